The minimum absolute atomic E-state index is 0.161. The normalized spacial score (nSPS) is 26.4. The van der Waals surface area contributed by atoms with Gasteiger partial charge in [-0.1, -0.05) is 26.7 Å². The number of aromatic nitrogens is 2. The van der Waals surface area contributed by atoms with Gasteiger partial charge in [-0.2, -0.15) is 5.10 Å². The molecule has 1 heterocycles. The molecule has 0 aliphatic heterocycles. The van der Waals surface area contributed by atoms with Gasteiger partial charge in [0.05, 0.1) is 6.10 Å². The molecule has 3 N–H and O–H groups in total. The zero-order valence-corrected chi connectivity index (χ0v) is 13.6. The minimum atomic E-state index is -0.319. The number of urea groups is 1. The second-order valence-electron chi connectivity index (χ2n) is 6.81. The minimum Gasteiger partial charge on any atom is -0.392 e. The average Bonchev–Trinajstić information content (AvgIpc) is 2.99. The van der Waals surface area contributed by atoms with E-state index in [1.807, 2.05) is 16.9 Å². The Labute approximate surface area is 132 Å². The first-order valence-electron chi connectivity index (χ1n) is 8.17. The van der Waals surface area contributed by atoms with Crippen LogP contribution in [0.1, 0.15) is 39.5 Å². The summed E-state index contributed by atoms with van der Waals surface area (Å²) in [6.07, 6.45) is 7.35. The first kappa shape index (κ1) is 16.8. The summed E-state index contributed by atoms with van der Waals surface area (Å²) in [5, 5.41) is 20.1. The molecule has 6 heteroatoms. The second-order valence-corrected chi connectivity index (χ2v) is 6.81. The van der Waals surface area contributed by atoms with Crippen LogP contribution in [-0.4, -0.2) is 40.1 Å². The zero-order valence-electron chi connectivity index (χ0n) is 13.6. The molecular weight excluding hydrogens is 280 g/mol. The van der Waals surface area contributed by atoms with Gasteiger partial charge in [0.2, 0.25) is 0 Å². The second kappa shape index (κ2) is 7.63. The SMILES string of the molecule is CC(CNC(=O)NCC1(C)CCCCC1O)Cn1cccn1. The summed E-state index contributed by atoms with van der Waals surface area (Å²) in [5.74, 6) is 0.307. The fourth-order valence-electron chi connectivity index (χ4n) is 2.99. The molecule has 1 aromatic rings. The lowest BCUT2D eigenvalue weighted by molar-refractivity contribution is 0.00308. The van der Waals surface area contributed by atoms with Crippen LogP contribution in [-0.2, 0) is 6.54 Å². The molecule has 0 saturated heterocycles. The number of hydrogen-bond donors (Lipinski definition) is 3. The van der Waals surface area contributed by atoms with Crippen molar-refractivity contribution in [1.82, 2.24) is 20.4 Å². The lowest BCUT2D eigenvalue weighted by Gasteiger charge is -2.38. The van der Waals surface area contributed by atoms with E-state index < -0.39 is 0 Å². The van der Waals surface area contributed by atoms with Crippen LogP contribution in [0.2, 0.25) is 0 Å². The van der Waals surface area contributed by atoms with Gasteiger partial charge in [0.15, 0.2) is 0 Å². The Bertz CT molecular complexity index is 463. The first-order chi connectivity index (χ1) is 10.5. The number of aliphatic hydroxyl groups is 1. The number of aliphatic hydroxyl groups excluding tert-OH is 1. The number of nitrogens with zero attached hydrogens (tertiary/aromatic N) is 2. The molecule has 1 aliphatic rings. The fraction of sp³-hybridized carbons (Fsp3) is 0.750. The van der Waals surface area contributed by atoms with E-state index in [2.05, 4.69) is 29.6 Å². The van der Waals surface area contributed by atoms with Crippen molar-refractivity contribution in [3.05, 3.63) is 18.5 Å². The van der Waals surface area contributed by atoms with Gasteiger partial charge in [-0.3, -0.25) is 4.68 Å². The molecule has 1 fully saturated rings. The molecule has 1 saturated carbocycles. The van der Waals surface area contributed by atoms with Crippen LogP contribution in [0.25, 0.3) is 0 Å². The lowest BCUT2D eigenvalue weighted by atomic mass is 9.73. The van der Waals surface area contributed by atoms with Crippen molar-refractivity contribution in [2.24, 2.45) is 11.3 Å². The summed E-state index contributed by atoms with van der Waals surface area (Å²) in [4.78, 5) is 11.9. The van der Waals surface area contributed by atoms with E-state index in [1.165, 1.54) is 0 Å². The van der Waals surface area contributed by atoms with E-state index in [1.54, 1.807) is 6.20 Å². The maximum absolute atomic E-state index is 11.9. The van der Waals surface area contributed by atoms with E-state index in [9.17, 15) is 9.90 Å². The van der Waals surface area contributed by atoms with Crippen LogP contribution >= 0.6 is 0 Å². The van der Waals surface area contributed by atoms with Gasteiger partial charge in [0, 0.05) is 37.4 Å². The van der Waals surface area contributed by atoms with Gasteiger partial charge in [-0.05, 0) is 24.8 Å². The molecule has 1 aliphatic carbocycles. The Morgan fingerprint density at radius 2 is 2.32 bits per heavy atom. The van der Waals surface area contributed by atoms with Crippen LogP contribution < -0.4 is 10.6 Å². The standard InChI is InChI=1S/C16H28N4O2/c1-13(11-20-9-5-8-19-20)10-17-15(22)18-12-16(2)7-4-3-6-14(16)21/h5,8-9,13-14,21H,3-4,6-7,10-12H2,1-2H3,(H2,17,18,22). The molecule has 124 valence electrons. The van der Waals surface area contributed by atoms with Crippen molar-refractivity contribution < 1.29 is 9.90 Å². The quantitative estimate of drug-likeness (QED) is 0.749. The van der Waals surface area contributed by atoms with Gasteiger partial charge in [-0.15, -0.1) is 0 Å². The Kier molecular flexibility index (Phi) is 5.83. The summed E-state index contributed by atoms with van der Waals surface area (Å²) >= 11 is 0. The predicted octanol–water partition coefficient (Wildman–Crippen LogP) is 1.76. The van der Waals surface area contributed by atoms with Gasteiger partial charge in [0.25, 0.3) is 0 Å². The van der Waals surface area contributed by atoms with Crippen LogP contribution in [0.3, 0.4) is 0 Å². The number of amides is 2. The van der Waals surface area contributed by atoms with Crippen LogP contribution in [0.4, 0.5) is 4.79 Å². The molecule has 3 atom stereocenters. The van der Waals surface area contributed by atoms with Gasteiger partial charge >= 0.3 is 6.03 Å². The molecule has 0 radical (unpaired) electrons. The van der Waals surface area contributed by atoms with Crippen LogP contribution in [0.5, 0.6) is 0 Å². The zero-order chi connectivity index (χ0) is 16.0. The van der Waals surface area contributed by atoms with E-state index >= 15 is 0 Å². The average molecular weight is 308 g/mol. The van der Waals surface area contributed by atoms with Crippen molar-refractivity contribution in [2.75, 3.05) is 13.1 Å². The summed E-state index contributed by atoms with van der Waals surface area (Å²) in [5.41, 5.74) is -0.198. The molecule has 2 amide bonds. The molecule has 2 rings (SSSR count). The van der Waals surface area contributed by atoms with Gasteiger partial charge in [0.1, 0.15) is 0 Å². The maximum Gasteiger partial charge on any atom is 0.314 e. The van der Waals surface area contributed by atoms with E-state index in [0.717, 1.165) is 32.2 Å². The number of carbonyl (C=O) groups excluding carboxylic acids is 1. The maximum atomic E-state index is 11.9. The van der Waals surface area contributed by atoms with Crippen molar-refractivity contribution in [3.8, 4) is 0 Å². The molecule has 0 spiro atoms. The van der Waals surface area contributed by atoms with E-state index in [-0.39, 0.29) is 17.6 Å². The highest BCUT2D eigenvalue weighted by atomic mass is 16.3. The van der Waals surface area contributed by atoms with Crippen molar-refractivity contribution >= 4 is 6.03 Å². The summed E-state index contributed by atoms with van der Waals surface area (Å²) in [6.45, 7) is 6.04. The number of rotatable bonds is 6. The van der Waals surface area contributed by atoms with E-state index in [4.69, 9.17) is 0 Å². The first-order valence-corrected chi connectivity index (χ1v) is 8.17. The summed E-state index contributed by atoms with van der Waals surface area (Å²) < 4.78 is 1.86. The Hall–Kier alpha value is -1.56. The Morgan fingerprint density at radius 3 is 3.00 bits per heavy atom. The third-order valence-electron chi connectivity index (χ3n) is 4.60. The lowest BCUT2D eigenvalue weighted by Crippen LogP contribution is -2.48. The molecule has 0 aromatic carbocycles. The molecule has 22 heavy (non-hydrogen) atoms. The largest absolute Gasteiger partial charge is 0.392 e. The molecule has 3 unspecified atom stereocenters. The van der Waals surface area contributed by atoms with Crippen molar-refractivity contribution in [2.45, 2.75) is 52.2 Å². The molecule has 6 nitrogen and oxygen atoms in total. The third kappa shape index (κ3) is 4.73. The summed E-state index contributed by atoms with van der Waals surface area (Å²) in [7, 11) is 0. The highest BCUT2D eigenvalue weighted by Gasteiger charge is 2.35. The van der Waals surface area contributed by atoms with E-state index in [0.29, 0.717) is 19.0 Å². The predicted molar refractivity (Wildman–Crippen MR) is 85.4 cm³/mol. The number of carbonyl (C=O) groups is 1. The smallest absolute Gasteiger partial charge is 0.314 e. The Balaban J connectivity index is 1.67. The topological polar surface area (TPSA) is 79.2 Å². The summed E-state index contributed by atoms with van der Waals surface area (Å²) in [6, 6.07) is 1.73. The van der Waals surface area contributed by atoms with Crippen molar-refractivity contribution in [1.29, 1.82) is 0 Å². The van der Waals surface area contributed by atoms with Gasteiger partial charge < -0.3 is 15.7 Å². The fourth-order valence-corrected chi connectivity index (χ4v) is 2.99. The molecular formula is C16H28N4O2. The number of hydrogen-bond acceptors (Lipinski definition) is 3. The van der Waals surface area contributed by atoms with Gasteiger partial charge in [-0.25, -0.2) is 4.79 Å². The molecule has 1 aromatic heterocycles. The van der Waals surface area contributed by atoms with Crippen molar-refractivity contribution in [3.63, 3.8) is 0 Å². The highest BCUT2D eigenvalue weighted by molar-refractivity contribution is 5.73. The number of nitrogens with one attached hydrogen (secondary N) is 2. The highest BCUT2D eigenvalue weighted by Crippen LogP contribution is 2.35. The van der Waals surface area contributed by atoms with Crippen LogP contribution in [0, 0.1) is 11.3 Å². The molecule has 0 bridgehead atoms. The monoisotopic (exact) mass is 308 g/mol. The Morgan fingerprint density at radius 1 is 1.50 bits per heavy atom. The third-order valence-corrected chi connectivity index (χ3v) is 4.60. The van der Waals surface area contributed by atoms with Crippen LogP contribution in [0.15, 0.2) is 18.5 Å².